The number of hydrogen-bond donors (Lipinski definition) is 0. The number of morpholine rings is 1. The Morgan fingerprint density at radius 2 is 2.12 bits per heavy atom. The summed E-state index contributed by atoms with van der Waals surface area (Å²) in [6.45, 7) is 7.49. The molecule has 2 aliphatic heterocycles. The van der Waals surface area contributed by atoms with Crippen molar-refractivity contribution < 1.29 is 9.53 Å². The third kappa shape index (κ3) is 3.42. The quantitative estimate of drug-likeness (QED) is 0.822. The van der Waals surface area contributed by atoms with Crippen molar-refractivity contribution >= 4 is 17.2 Å². The Kier molecular flexibility index (Phi) is 4.49. The minimum absolute atomic E-state index is 0.0255. The average Bonchev–Trinajstić information content (AvgIpc) is 3.22. The van der Waals surface area contributed by atoms with E-state index in [-0.39, 0.29) is 18.1 Å². The molecule has 2 atom stereocenters. The fraction of sp³-hybridized carbons (Fsp3) is 0.529. The molecule has 0 N–H and O–H groups in total. The molecule has 2 fully saturated rings. The molecule has 0 unspecified atom stereocenters. The number of aromatic nitrogens is 3. The van der Waals surface area contributed by atoms with Gasteiger partial charge in [0.05, 0.1) is 35.0 Å². The van der Waals surface area contributed by atoms with Crippen LogP contribution in [0, 0.1) is 13.8 Å². The summed E-state index contributed by atoms with van der Waals surface area (Å²) in [5.74, 6) is 0.641. The summed E-state index contributed by atoms with van der Waals surface area (Å²) in [6.07, 6.45) is 3.26. The van der Waals surface area contributed by atoms with Gasteiger partial charge in [-0.05, 0) is 13.8 Å². The van der Waals surface area contributed by atoms with Gasteiger partial charge in [0.2, 0.25) is 0 Å². The van der Waals surface area contributed by atoms with Gasteiger partial charge >= 0.3 is 0 Å². The molecule has 7 nitrogen and oxygen atoms in total. The van der Waals surface area contributed by atoms with Crippen LogP contribution in [-0.4, -0.2) is 69.0 Å². The molecule has 1 amide bonds. The van der Waals surface area contributed by atoms with E-state index in [0.29, 0.717) is 31.1 Å². The van der Waals surface area contributed by atoms with Gasteiger partial charge in [-0.15, -0.1) is 11.3 Å². The second kappa shape index (κ2) is 6.78. The summed E-state index contributed by atoms with van der Waals surface area (Å²) >= 11 is 1.67. The summed E-state index contributed by atoms with van der Waals surface area (Å²) in [7, 11) is 0. The minimum Gasteiger partial charge on any atom is -0.373 e. The number of aryl methyl sites for hydroxylation is 2. The number of hydrogen-bond acceptors (Lipinski definition) is 7. The van der Waals surface area contributed by atoms with Gasteiger partial charge in [0.15, 0.2) is 0 Å². The predicted octanol–water partition coefficient (Wildman–Crippen LogP) is 1.28. The lowest BCUT2D eigenvalue weighted by Crippen LogP contribution is -2.50. The predicted molar refractivity (Wildman–Crippen MR) is 93.5 cm³/mol. The summed E-state index contributed by atoms with van der Waals surface area (Å²) in [5.41, 5.74) is 1.63. The average molecular weight is 359 g/mol. The molecular weight excluding hydrogens is 338 g/mol. The maximum atomic E-state index is 12.7. The Labute approximate surface area is 150 Å². The van der Waals surface area contributed by atoms with E-state index in [4.69, 9.17) is 4.74 Å². The van der Waals surface area contributed by atoms with E-state index in [1.54, 1.807) is 23.7 Å². The Hall–Kier alpha value is -1.90. The molecule has 0 aromatic carbocycles. The fourth-order valence-electron chi connectivity index (χ4n) is 3.50. The molecule has 2 saturated heterocycles. The lowest BCUT2D eigenvalue weighted by Gasteiger charge is -2.36. The highest BCUT2D eigenvalue weighted by Crippen LogP contribution is 2.26. The maximum Gasteiger partial charge on any atom is 0.257 e. The van der Waals surface area contributed by atoms with Gasteiger partial charge in [-0.3, -0.25) is 9.69 Å². The highest BCUT2D eigenvalue weighted by molar-refractivity contribution is 7.09. The van der Waals surface area contributed by atoms with Crippen molar-refractivity contribution in [2.45, 2.75) is 32.5 Å². The largest absolute Gasteiger partial charge is 0.373 e. The van der Waals surface area contributed by atoms with Crippen LogP contribution in [0.5, 0.6) is 0 Å². The number of nitrogens with zero attached hydrogens (tertiary/aromatic N) is 5. The molecule has 4 rings (SSSR count). The van der Waals surface area contributed by atoms with Gasteiger partial charge in [0.25, 0.3) is 5.91 Å². The van der Waals surface area contributed by atoms with E-state index in [1.165, 1.54) is 0 Å². The van der Waals surface area contributed by atoms with Gasteiger partial charge in [0.1, 0.15) is 5.82 Å². The molecule has 0 bridgehead atoms. The number of likely N-dealkylation sites (tertiary alicyclic amines) is 1. The van der Waals surface area contributed by atoms with Gasteiger partial charge in [-0.1, -0.05) is 0 Å². The molecule has 4 heterocycles. The van der Waals surface area contributed by atoms with Crippen LogP contribution in [0.1, 0.15) is 26.9 Å². The summed E-state index contributed by atoms with van der Waals surface area (Å²) in [4.78, 5) is 29.8. The van der Waals surface area contributed by atoms with Crippen LogP contribution in [0.2, 0.25) is 0 Å². The Morgan fingerprint density at radius 3 is 2.84 bits per heavy atom. The Balaban J connectivity index is 1.46. The number of carbonyl (C=O) groups excluding carboxylic acids is 1. The van der Waals surface area contributed by atoms with Gasteiger partial charge in [-0.25, -0.2) is 15.0 Å². The van der Waals surface area contributed by atoms with Crippen LogP contribution in [0.4, 0.5) is 0 Å². The van der Waals surface area contributed by atoms with Crippen molar-refractivity contribution in [2.75, 3.05) is 26.2 Å². The molecule has 0 saturated carbocycles. The second-order valence-electron chi connectivity index (χ2n) is 6.53. The first-order valence-electron chi connectivity index (χ1n) is 8.45. The van der Waals surface area contributed by atoms with Gasteiger partial charge < -0.3 is 9.64 Å². The van der Waals surface area contributed by atoms with Crippen molar-refractivity contribution in [3.8, 4) is 0 Å². The molecule has 25 heavy (non-hydrogen) atoms. The summed E-state index contributed by atoms with van der Waals surface area (Å²) < 4.78 is 5.93. The third-order valence-corrected chi connectivity index (χ3v) is 5.59. The molecule has 132 valence electrons. The minimum atomic E-state index is -0.0255. The lowest BCUT2D eigenvalue weighted by molar-refractivity contribution is -0.0507. The zero-order chi connectivity index (χ0) is 17.4. The molecule has 0 spiro atoms. The lowest BCUT2D eigenvalue weighted by atomic mass is 10.1. The van der Waals surface area contributed by atoms with Crippen molar-refractivity contribution in [1.29, 1.82) is 0 Å². The Morgan fingerprint density at radius 1 is 1.32 bits per heavy atom. The number of rotatable bonds is 3. The number of carbonyl (C=O) groups is 1. The standard InChI is InChI=1S/C17H21N5O2S/c1-11-18-5-13(6-19-11)17(23)22-8-15-16(9-22)24-4-3-21(15)7-14-10-25-12(2)20-14/h5-6,10,15-16H,3-4,7-9H2,1-2H3/t15-,16-/m0/s1. The number of amides is 1. The van der Waals surface area contributed by atoms with Gasteiger partial charge in [0, 0.05) is 44.0 Å². The molecule has 2 aromatic heterocycles. The number of thiazole rings is 1. The van der Waals surface area contributed by atoms with E-state index in [2.05, 4.69) is 25.2 Å². The van der Waals surface area contributed by atoms with E-state index < -0.39 is 0 Å². The van der Waals surface area contributed by atoms with E-state index >= 15 is 0 Å². The fourth-order valence-corrected chi connectivity index (χ4v) is 4.10. The van der Waals surface area contributed by atoms with Crippen molar-refractivity contribution in [2.24, 2.45) is 0 Å². The van der Waals surface area contributed by atoms with Crippen LogP contribution >= 0.6 is 11.3 Å². The zero-order valence-corrected chi connectivity index (χ0v) is 15.2. The van der Waals surface area contributed by atoms with Crippen molar-refractivity contribution in [3.63, 3.8) is 0 Å². The number of fused-ring (bicyclic) bond motifs is 1. The summed E-state index contributed by atoms with van der Waals surface area (Å²) in [5, 5.41) is 3.20. The maximum absolute atomic E-state index is 12.7. The summed E-state index contributed by atoms with van der Waals surface area (Å²) in [6, 6.07) is 0.214. The monoisotopic (exact) mass is 359 g/mol. The van der Waals surface area contributed by atoms with E-state index in [0.717, 1.165) is 23.8 Å². The van der Waals surface area contributed by atoms with E-state index in [9.17, 15) is 4.79 Å². The molecular formula is C17H21N5O2S. The topological polar surface area (TPSA) is 71.5 Å². The first-order valence-corrected chi connectivity index (χ1v) is 9.32. The highest BCUT2D eigenvalue weighted by atomic mass is 32.1. The van der Waals surface area contributed by atoms with Gasteiger partial charge in [-0.2, -0.15) is 0 Å². The third-order valence-electron chi connectivity index (χ3n) is 4.76. The number of ether oxygens (including phenoxy) is 1. The van der Waals surface area contributed by atoms with Crippen LogP contribution < -0.4 is 0 Å². The van der Waals surface area contributed by atoms with E-state index in [1.807, 2.05) is 18.7 Å². The smallest absolute Gasteiger partial charge is 0.257 e. The van der Waals surface area contributed by atoms with Crippen LogP contribution in [0.3, 0.4) is 0 Å². The van der Waals surface area contributed by atoms with Crippen LogP contribution in [-0.2, 0) is 11.3 Å². The highest BCUT2D eigenvalue weighted by Gasteiger charge is 2.42. The first kappa shape index (κ1) is 16.6. The van der Waals surface area contributed by atoms with Crippen LogP contribution in [0.15, 0.2) is 17.8 Å². The molecule has 2 aliphatic rings. The van der Waals surface area contributed by atoms with Crippen LogP contribution in [0.25, 0.3) is 0 Å². The molecule has 0 radical (unpaired) electrons. The Bertz CT molecular complexity index is 763. The zero-order valence-electron chi connectivity index (χ0n) is 14.4. The SMILES string of the molecule is Cc1ncc(C(=O)N2C[C@@H]3OCCN(Cc4csc(C)n4)[C@H]3C2)cn1. The molecule has 2 aromatic rings. The normalized spacial score (nSPS) is 23.7. The van der Waals surface area contributed by atoms with Crippen molar-refractivity contribution in [1.82, 2.24) is 24.8 Å². The molecule has 8 heteroatoms. The molecule has 0 aliphatic carbocycles. The van der Waals surface area contributed by atoms with Crippen molar-refractivity contribution in [3.05, 3.63) is 39.9 Å². The first-order chi connectivity index (χ1) is 12.1. The second-order valence-corrected chi connectivity index (χ2v) is 7.60.